The summed E-state index contributed by atoms with van der Waals surface area (Å²) in [6.45, 7) is 0. The average Bonchev–Trinajstić information content (AvgIpc) is 2.72. The van der Waals surface area contributed by atoms with Crippen LogP contribution in [-0.4, -0.2) is 42.4 Å². The van der Waals surface area contributed by atoms with Crippen LogP contribution in [0.2, 0.25) is 0 Å². The number of hydrogen-bond donors (Lipinski definition) is 0. The lowest BCUT2D eigenvalue weighted by molar-refractivity contribution is -0.154. The molecule has 0 spiro atoms. The number of fused-ring (bicyclic) bond motifs is 2. The molecule has 4 heteroatoms. The van der Waals surface area contributed by atoms with Crippen molar-refractivity contribution in [3.63, 3.8) is 0 Å². The highest BCUT2D eigenvalue weighted by atomic mass is 16.5. The van der Waals surface area contributed by atoms with Crippen LogP contribution >= 0.6 is 0 Å². The van der Waals surface area contributed by atoms with Crippen LogP contribution in [-0.2, 0) is 14.3 Å². The summed E-state index contributed by atoms with van der Waals surface area (Å²) in [7, 11) is 2.15. The molecule has 4 nitrogen and oxygen atoms in total. The van der Waals surface area contributed by atoms with Crippen molar-refractivity contribution in [1.29, 1.82) is 0 Å². The summed E-state index contributed by atoms with van der Waals surface area (Å²) < 4.78 is 5.63. The molecular weight excluding hydrogens is 266 g/mol. The van der Waals surface area contributed by atoms with Gasteiger partial charge in [-0.05, 0) is 38.3 Å². The lowest BCUT2D eigenvalue weighted by Crippen LogP contribution is -2.43. The maximum atomic E-state index is 12.3. The molecule has 4 atom stereocenters. The molecule has 2 fully saturated rings. The van der Waals surface area contributed by atoms with Crippen molar-refractivity contribution in [2.45, 2.75) is 49.8 Å². The maximum absolute atomic E-state index is 12.3. The zero-order valence-electron chi connectivity index (χ0n) is 12.3. The second kappa shape index (κ2) is 5.98. The molecule has 0 aromatic heterocycles. The summed E-state index contributed by atoms with van der Waals surface area (Å²) in [5, 5.41) is 0. The second-order valence-corrected chi connectivity index (χ2v) is 6.11. The standard InChI is InChI=1S/C17H21NO3/c1-18-13-7-8-14(18)10-15(9-13)21-17(20)16(11-19)12-5-3-2-4-6-12/h2-6,11,13-16H,7-10H2,1H3/t13-,14+,15?,16?. The van der Waals surface area contributed by atoms with Crippen LogP contribution in [0.1, 0.15) is 37.2 Å². The van der Waals surface area contributed by atoms with Gasteiger partial charge in [-0.15, -0.1) is 0 Å². The number of hydrogen-bond acceptors (Lipinski definition) is 4. The maximum Gasteiger partial charge on any atom is 0.320 e. The highest BCUT2D eigenvalue weighted by Crippen LogP contribution is 2.35. The van der Waals surface area contributed by atoms with Crippen LogP contribution in [0.5, 0.6) is 0 Å². The van der Waals surface area contributed by atoms with Crippen LogP contribution in [0.15, 0.2) is 30.3 Å². The zero-order chi connectivity index (χ0) is 14.8. The Bertz CT molecular complexity index is 502. The van der Waals surface area contributed by atoms with Crippen molar-refractivity contribution in [3.05, 3.63) is 35.9 Å². The lowest BCUT2D eigenvalue weighted by atomic mass is 9.98. The van der Waals surface area contributed by atoms with Gasteiger partial charge in [0, 0.05) is 12.1 Å². The summed E-state index contributed by atoms with van der Waals surface area (Å²) in [5.41, 5.74) is 0.702. The summed E-state index contributed by atoms with van der Waals surface area (Å²) in [6, 6.07) is 10.1. The normalized spacial score (nSPS) is 29.9. The van der Waals surface area contributed by atoms with E-state index in [1.165, 1.54) is 12.8 Å². The first kappa shape index (κ1) is 14.3. The van der Waals surface area contributed by atoms with Crippen molar-refractivity contribution in [2.24, 2.45) is 0 Å². The van der Waals surface area contributed by atoms with E-state index in [1.54, 1.807) is 12.1 Å². The Hall–Kier alpha value is -1.68. The Morgan fingerprint density at radius 2 is 1.86 bits per heavy atom. The molecule has 21 heavy (non-hydrogen) atoms. The lowest BCUT2D eigenvalue weighted by Gasteiger charge is -2.36. The fourth-order valence-corrected chi connectivity index (χ4v) is 3.63. The summed E-state index contributed by atoms with van der Waals surface area (Å²) in [4.78, 5) is 26.0. The Balaban J connectivity index is 1.65. The van der Waals surface area contributed by atoms with Gasteiger partial charge in [0.15, 0.2) is 0 Å². The van der Waals surface area contributed by atoms with Crippen molar-refractivity contribution in [3.8, 4) is 0 Å². The Morgan fingerprint density at radius 1 is 1.24 bits per heavy atom. The van der Waals surface area contributed by atoms with Crippen molar-refractivity contribution in [2.75, 3.05) is 7.05 Å². The molecule has 0 aliphatic carbocycles. The zero-order valence-corrected chi connectivity index (χ0v) is 12.3. The number of nitrogens with zero attached hydrogens (tertiary/aromatic N) is 1. The minimum atomic E-state index is -0.802. The molecule has 112 valence electrons. The Morgan fingerprint density at radius 3 is 2.43 bits per heavy atom. The van der Waals surface area contributed by atoms with E-state index >= 15 is 0 Å². The van der Waals surface area contributed by atoms with Gasteiger partial charge >= 0.3 is 5.97 Å². The predicted octanol–water partition coefficient (Wildman–Crippen LogP) is 2.14. The third-order valence-electron chi connectivity index (χ3n) is 4.89. The number of benzene rings is 1. The van der Waals surface area contributed by atoms with Gasteiger partial charge < -0.3 is 14.4 Å². The first-order chi connectivity index (χ1) is 10.2. The average molecular weight is 287 g/mol. The fraction of sp³-hybridized carbons (Fsp3) is 0.529. The van der Waals surface area contributed by atoms with E-state index in [2.05, 4.69) is 11.9 Å². The molecule has 1 aromatic carbocycles. The minimum absolute atomic E-state index is 0.0441. The Kier molecular flexibility index (Phi) is 4.06. The molecule has 2 aliphatic rings. The number of piperidine rings is 1. The molecule has 2 heterocycles. The highest BCUT2D eigenvalue weighted by Gasteiger charge is 2.40. The van der Waals surface area contributed by atoms with E-state index in [0.29, 0.717) is 23.9 Å². The molecule has 1 aromatic rings. The van der Waals surface area contributed by atoms with Gasteiger partial charge in [-0.25, -0.2) is 0 Å². The van der Waals surface area contributed by atoms with Gasteiger partial charge in [-0.2, -0.15) is 0 Å². The number of carbonyl (C=O) groups is 2. The second-order valence-electron chi connectivity index (χ2n) is 6.11. The van der Waals surface area contributed by atoms with E-state index in [0.717, 1.165) is 12.8 Å². The van der Waals surface area contributed by atoms with Gasteiger partial charge in [0.05, 0.1) is 0 Å². The van der Waals surface area contributed by atoms with Gasteiger partial charge in [0.25, 0.3) is 0 Å². The predicted molar refractivity (Wildman–Crippen MR) is 78.9 cm³/mol. The third-order valence-corrected chi connectivity index (χ3v) is 4.89. The van der Waals surface area contributed by atoms with Crippen LogP contribution in [0.3, 0.4) is 0 Å². The van der Waals surface area contributed by atoms with E-state index in [4.69, 9.17) is 4.74 Å². The fourth-order valence-electron chi connectivity index (χ4n) is 3.63. The van der Waals surface area contributed by atoms with Crippen LogP contribution < -0.4 is 0 Å². The first-order valence-corrected chi connectivity index (χ1v) is 7.61. The van der Waals surface area contributed by atoms with Gasteiger partial charge in [-0.1, -0.05) is 30.3 Å². The third kappa shape index (κ3) is 2.86. The number of carbonyl (C=O) groups excluding carboxylic acids is 2. The molecule has 0 saturated carbocycles. The highest BCUT2D eigenvalue weighted by molar-refractivity contribution is 5.94. The molecule has 2 saturated heterocycles. The number of aldehydes is 1. The van der Waals surface area contributed by atoms with Gasteiger partial charge in [0.1, 0.15) is 18.3 Å². The SMILES string of the molecule is CN1[C@@H]2CC[C@H]1CC(OC(=O)C(C=O)c1ccccc1)C2. The van der Waals surface area contributed by atoms with Crippen LogP contribution in [0.4, 0.5) is 0 Å². The Labute approximate surface area is 125 Å². The molecule has 3 rings (SSSR count). The molecule has 0 radical (unpaired) electrons. The molecule has 0 amide bonds. The van der Waals surface area contributed by atoms with E-state index in [1.807, 2.05) is 18.2 Å². The van der Waals surface area contributed by atoms with Crippen LogP contribution in [0, 0.1) is 0 Å². The largest absolute Gasteiger partial charge is 0.461 e. The topological polar surface area (TPSA) is 46.6 Å². The molecule has 2 aliphatic heterocycles. The van der Waals surface area contributed by atoms with Gasteiger partial charge in [-0.3, -0.25) is 4.79 Å². The van der Waals surface area contributed by atoms with Crippen molar-refractivity contribution < 1.29 is 14.3 Å². The van der Waals surface area contributed by atoms with Gasteiger partial charge in [0.2, 0.25) is 0 Å². The number of esters is 1. The number of ether oxygens (including phenoxy) is 1. The van der Waals surface area contributed by atoms with E-state index < -0.39 is 11.9 Å². The van der Waals surface area contributed by atoms with E-state index in [9.17, 15) is 9.59 Å². The van der Waals surface area contributed by atoms with Crippen molar-refractivity contribution in [1.82, 2.24) is 4.90 Å². The molecule has 0 N–H and O–H groups in total. The van der Waals surface area contributed by atoms with Crippen LogP contribution in [0.25, 0.3) is 0 Å². The molecular formula is C17H21NO3. The van der Waals surface area contributed by atoms with Crippen molar-refractivity contribution >= 4 is 12.3 Å². The summed E-state index contributed by atoms with van der Waals surface area (Å²) in [5.74, 6) is -1.21. The number of rotatable bonds is 4. The monoisotopic (exact) mass is 287 g/mol. The first-order valence-electron chi connectivity index (χ1n) is 7.61. The summed E-state index contributed by atoms with van der Waals surface area (Å²) in [6.07, 6.45) is 4.78. The molecule has 2 unspecified atom stereocenters. The minimum Gasteiger partial charge on any atom is -0.461 e. The smallest absolute Gasteiger partial charge is 0.320 e. The molecule has 2 bridgehead atoms. The summed E-state index contributed by atoms with van der Waals surface area (Å²) >= 11 is 0. The van der Waals surface area contributed by atoms with E-state index in [-0.39, 0.29) is 6.10 Å². The quantitative estimate of drug-likeness (QED) is 0.483.